The van der Waals surface area contributed by atoms with Crippen LogP contribution in [0.4, 0.5) is 0 Å². The molecule has 6 heteroatoms. The summed E-state index contributed by atoms with van der Waals surface area (Å²) >= 11 is 0. The van der Waals surface area contributed by atoms with Gasteiger partial charge in [-0.2, -0.15) is 0 Å². The van der Waals surface area contributed by atoms with Crippen LogP contribution in [-0.2, 0) is 4.79 Å². The van der Waals surface area contributed by atoms with Gasteiger partial charge in [0.25, 0.3) is 5.91 Å². The summed E-state index contributed by atoms with van der Waals surface area (Å²) < 4.78 is 4.96. The standard InChI is InChI=1S/C15H14N2O4/c1-2-6-11(15(19)20)16-14(18)13-9-12(17-21-13)10-7-4-3-5-8-10/h2-5,7-9,11H,1,6H2,(H,16,18)(H,19,20). The number of carboxylic acid groups (broad SMARTS) is 1. The number of amides is 1. The lowest BCUT2D eigenvalue weighted by atomic mass is 10.1. The van der Waals surface area contributed by atoms with Crippen molar-refractivity contribution in [2.75, 3.05) is 0 Å². The molecule has 1 aromatic heterocycles. The zero-order chi connectivity index (χ0) is 15.2. The normalized spacial score (nSPS) is 11.6. The molecule has 0 aliphatic heterocycles. The predicted octanol–water partition coefficient (Wildman–Crippen LogP) is 2.10. The number of hydrogen-bond donors (Lipinski definition) is 2. The van der Waals surface area contributed by atoms with Crippen molar-refractivity contribution in [1.29, 1.82) is 0 Å². The summed E-state index contributed by atoms with van der Waals surface area (Å²) in [5.41, 5.74) is 1.32. The lowest BCUT2D eigenvalue weighted by molar-refractivity contribution is -0.139. The van der Waals surface area contributed by atoms with Crippen LogP contribution in [0.3, 0.4) is 0 Å². The number of carbonyl (C=O) groups is 2. The fourth-order valence-corrected chi connectivity index (χ4v) is 1.74. The van der Waals surface area contributed by atoms with Crippen molar-refractivity contribution < 1.29 is 19.2 Å². The summed E-state index contributed by atoms with van der Waals surface area (Å²) in [4.78, 5) is 22.9. The Labute approximate surface area is 121 Å². The molecule has 0 aliphatic carbocycles. The number of nitrogens with one attached hydrogen (secondary N) is 1. The van der Waals surface area contributed by atoms with E-state index >= 15 is 0 Å². The van der Waals surface area contributed by atoms with Gasteiger partial charge in [0.15, 0.2) is 0 Å². The molecule has 0 spiro atoms. The van der Waals surface area contributed by atoms with E-state index in [-0.39, 0.29) is 12.2 Å². The molecule has 0 radical (unpaired) electrons. The minimum atomic E-state index is -1.13. The zero-order valence-corrected chi connectivity index (χ0v) is 11.2. The highest BCUT2D eigenvalue weighted by Crippen LogP contribution is 2.18. The van der Waals surface area contributed by atoms with Gasteiger partial charge < -0.3 is 14.9 Å². The third-order valence-corrected chi connectivity index (χ3v) is 2.81. The zero-order valence-electron chi connectivity index (χ0n) is 11.2. The minimum Gasteiger partial charge on any atom is -0.480 e. The molecule has 1 amide bonds. The molecular weight excluding hydrogens is 272 g/mol. The summed E-state index contributed by atoms with van der Waals surface area (Å²) in [6.45, 7) is 3.46. The SMILES string of the molecule is C=CCC(NC(=O)c1cc(-c2ccccc2)no1)C(=O)O. The number of aliphatic carboxylic acids is 1. The predicted molar refractivity (Wildman–Crippen MR) is 75.6 cm³/mol. The molecule has 0 aliphatic rings. The Morgan fingerprint density at radius 1 is 1.38 bits per heavy atom. The molecule has 2 rings (SSSR count). The average Bonchev–Trinajstić information content (AvgIpc) is 2.97. The summed E-state index contributed by atoms with van der Waals surface area (Å²) in [5, 5.41) is 15.1. The summed E-state index contributed by atoms with van der Waals surface area (Å²) in [7, 11) is 0. The number of nitrogens with zero attached hydrogens (tertiary/aromatic N) is 1. The fraction of sp³-hybridized carbons (Fsp3) is 0.133. The highest BCUT2D eigenvalue weighted by Gasteiger charge is 2.22. The van der Waals surface area contributed by atoms with E-state index in [1.54, 1.807) is 0 Å². The Balaban J connectivity index is 2.12. The van der Waals surface area contributed by atoms with Crippen LogP contribution in [0.5, 0.6) is 0 Å². The minimum absolute atomic E-state index is 0.0378. The van der Waals surface area contributed by atoms with Crippen LogP contribution in [0, 0.1) is 0 Å². The Hall–Kier alpha value is -2.89. The number of carbonyl (C=O) groups excluding carboxylic acids is 1. The highest BCUT2D eigenvalue weighted by atomic mass is 16.5. The third-order valence-electron chi connectivity index (χ3n) is 2.81. The summed E-state index contributed by atoms with van der Waals surface area (Å²) in [6.07, 6.45) is 1.55. The van der Waals surface area contributed by atoms with E-state index in [4.69, 9.17) is 9.63 Å². The van der Waals surface area contributed by atoms with Crippen molar-refractivity contribution >= 4 is 11.9 Å². The smallest absolute Gasteiger partial charge is 0.326 e. The van der Waals surface area contributed by atoms with E-state index in [9.17, 15) is 9.59 Å². The molecule has 1 atom stereocenters. The van der Waals surface area contributed by atoms with Gasteiger partial charge in [0.1, 0.15) is 11.7 Å². The van der Waals surface area contributed by atoms with Crippen LogP contribution in [0.25, 0.3) is 11.3 Å². The van der Waals surface area contributed by atoms with E-state index in [0.29, 0.717) is 5.69 Å². The van der Waals surface area contributed by atoms with Gasteiger partial charge in [-0.25, -0.2) is 4.79 Å². The third kappa shape index (κ3) is 3.56. The first-order valence-corrected chi connectivity index (χ1v) is 6.28. The van der Waals surface area contributed by atoms with Gasteiger partial charge in [-0.1, -0.05) is 41.6 Å². The maximum atomic E-state index is 11.9. The van der Waals surface area contributed by atoms with Gasteiger partial charge in [-0.15, -0.1) is 6.58 Å². The van der Waals surface area contributed by atoms with E-state index in [1.807, 2.05) is 30.3 Å². The molecule has 21 heavy (non-hydrogen) atoms. The lowest BCUT2D eigenvalue weighted by Crippen LogP contribution is -2.40. The van der Waals surface area contributed by atoms with E-state index in [1.165, 1.54) is 12.1 Å². The Bertz CT molecular complexity index is 649. The molecule has 2 aromatic rings. The molecule has 0 saturated heterocycles. The van der Waals surface area contributed by atoms with Gasteiger partial charge in [-0.3, -0.25) is 4.79 Å². The molecule has 0 fully saturated rings. The molecule has 1 aromatic carbocycles. The number of rotatable bonds is 6. The van der Waals surface area contributed by atoms with Crippen molar-refractivity contribution in [3.8, 4) is 11.3 Å². The van der Waals surface area contributed by atoms with Gasteiger partial charge in [0.05, 0.1) is 0 Å². The second-order valence-corrected chi connectivity index (χ2v) is 4.33. The number of hydrogen-bond acceptors (Lipinski definition) is 4. The van der Waals surface area contributed by atoms with Gasteiger partial charge in [0.2, 0.25) is 5.76 Å². The lowest BCUT2D eigenvalue weighted by Gasteiger charge is -2.10. The van der Waals surface area contributed by atoms with E-state index in [2.05, 4.69) is 17.1 Å². The van der Waals surface area contributed by atoms with E-state index < -0.39 is 17.9 Å². The Morgan fingerprint density at radius 3 is 2.71 bits per heavy atom. The van der Waals surface area contributed by atoms with Crippen molar-refractivity contribution in [2.24, 2.45) is 0 Å². The first-order valence-electron chi connectivity index (χ1n) is 6.28. The summed E-state index contributed by atoms with van der Waals surface area (Å²) in [6, 6.07) is 9.64. The Kier molecular flexibility index (Phi) is 4.50. The first-order chi connectivity index (χ1) is 10.1. The second kappa shape index (κ2) is 6.51. The summed E-state index contributed by atoms with van der Waals surface area (Å²) in [5.74, 6) is -1.80. The molecule has 108 valence electrons. The molecule has 1 unspecified atom stereocenters. The van der Waals surface area contributed by atoms with Crippen LogP contribution in [-0.4, -0.2) is 28.2 Å². The van der Waals surface area contributed by atoms with Crippen LogP contribution in [0.1, 0.15) is 17.0 Å². The topological polar surface area (TPSA) is 92.4 Å². The first kappa shape index (κ1) is 14.5. The maximum Gasteiger partial charge on any atom is 0.326 e. The van der Waals surface area contributed by atoms with Gasteiger partial charge in [0, 0.05) is 11.6 Å². The monoisotopic (exact) mass is 286 g/mol. The Morgan fingerprint density at radius 2 is 2.10 bits per heavy atom. The van der Waals surface area contributed by atoms with Crippen molar-refractivity contribution in [3.63, 3.8) is 0 Å². The van der Waals surface area contributed by atoms with Gasteiger partial charge >= 0.3 is 5.97 Å². The van der Waals surface area contributed by atoms with Crippen molar-refractivity contribution in [3.05, 3.63) is 54.8 Å². The van der Waals surface area contributed by atoms with Gasteiger partial charge in [-0.05, 0) is 6.42 Å². The highest BCUT2D eigenvalue weighted by molar-refractivity contribution is 5.95. The molecule has 1 heterocycles. The maximum absolute atomic E-state index is 11.9. The van der Waals surface area contributed by atoms with Crippen LogP contribution >= 0.6 is 0 Å². The molecule has 0 bridgehead atoms. The largest absolute Gasteiger partial charge is 0.480 e. The molecular formula is C15H14N2O4. The molecule has 6 nitrogen and oxygen atoms in total. The average molecular weight is 286 g/mol. The number of carboxylic acids is 1. The fourth-order valence-electron chi connectivity index (χ4n) is 1.74. The van der Waals surface area contributed by atoms with Crippen LogP contribution in [0.15, 0.2) is 53.6 Å². The van der Waals surface area contributed by atoms with Crippen LogP contribution < -0.4 is 5.32 Å². The van der Waals surface area contributed by atoms with Crippen LogP contribution in [0.2, 0.25) is 0 Å². The quantitative estimate of drug-likeness (QED) is 0.793. The second-order valence-electron chi connectivity index (χ2n) is 4.33. The van der Waals surface area contributed by atoms with Crippen molar-refractivity contribution in [1.82, 2.24) is 10.5 Å². The van der Waals surface area contributed by atoms with E-state index in [0.717, 1.165) is 5.56 Å². The molecule has 2 N–H and O–H groups in total. The van der Waals surface area contributed by atoms with Crippen molar-refractivity contribution in [2.45, 2.75) is 12.5 Å². The number of aromatic nitrogens is 1. The molecule has 0 saturated carbocycles. The number of benzene rings is 1.